The summed E-state index contributed by atoms with van der Waals surface area (Å²) in [5.74, 6) is -0.0724. The Hall–Kier alpha value is -2.38. The molecule has 0 atom stereocenters. The third-order valence-corrected chi connectivity index (χ3v) is 5.44. The Bertz CT molecular complexity index is 828. The highest BCUT2D eigenvalue weighted by molar-refractivity contribution is 5.91. The van der Waals surface area contributed by atoms with Gasteiger partial charge in [-0.05, 0) is 55.8 Å². The maximum Gasteiger partial charge on any atom is 0.417 e. The first-order valence-electron chi connectivity index (χ1n) is 10.3. The van der Waals surface area contributed by atoms with Crippen molar-refractivity contribution in [3.8, 4) is 11.1 Å². The second-order valence-electron chi connectivity index (χ2n) is 7.77. The van der Waals surface area contributed by atoms with Crippen molar-refractivity contribution in [2.75, 3.05) is 45.1 Å². The second kappa shape index (κ2) is 10.1. The quantitative estimate of drug-likeness (QED) is 0.659. The maximum absolute atomic E-state index is 13.2. The average Bonchev–Trinajstić information content (AvgIpc) is 2.72. The molecule has 7 heteroatoms. The van der Waals surface area contributed by atoms with Gasteiger partial charge in [-0.15, -0.1) is 0 Å². The number of benzene rings is 2. The summed E-state index contributed by atoms with van der Waals surface area (Å²) in [5, 5.41) is 2.83. The molecule has 1 aliphatic rings. The number of nitrogens with zero attached hydrogens (tertiary/aromatic N) is 2. The minimum absolute atomic E-state index is 0.0724. The van der Waals surface area contributed by atoms with Gasteiger partial charge < -0.3 is 15.1 Å². The molecule has 2 aromatic carbocycles. The molecule has 2 aromatic rings. The summed E-state index contributed by atoms with van der Waals surface area (Å²) in [6, 6.07) is 12.0. The lowest BCUT2D eigenvalue weighted by atomic mass is 9.99. The van der Waals surface area contributed by atoms with E-state index in [0.29, 0.717) is 17.7 Å². The number of nitrogens with one attached hydrogen (secondary N) is 1. The number of carbonyl (C=O) groups excluding carboxylic acids is 1. The standard InChI is InChI=1S/C23H28F3N3O/c1-28-14-16-29(17-15-28)13-5-4-8-22(30)27-19-11-9-18(10-12-19)20-6-2-3-7-21(20)23(24,25)26/h2-3,6-7,9-12H,4-5,8,13-17H2,1H3,(H,27,30). The van der Waals surface area contributed by atoms with E-state index in [2.05, 4.69) is 22.2 Å². The highest BCUT2D eigenvalue weighted by atomic mass is 19.4. The van der Waals surface area contributed by atoms with Crippen LogP contribution in [-0.2, 0) is 11.0 Å². The molecule has 0 aliphatic carbocycles. The van der Waals surface area contributed by atoms with Crippen LogP contribution in [0, 0.1) is 0 Å². The minimum atomic E-state index is -4.41. The van der Waals surface area contributed by atoms with Crippen molar-refractivity contribution in [1.82, 2.24) is 9.80 Å². The molecule has 0 bridgehead atoms. The van der Waals surface area contributed by atoms with Gasteiger partial charge in [-0.2, -0.15) is 13.2 Å². The van der Waals surface area contributed by atoms with E-state index in [9.17, 15) is 18.0 Å². The van der Waals surface area contributed by atoms with E-state index >= 15 is 0 Å². The number of amides is 1. The van der Waals surface area contributed by atoms with E-state index in [0.717, 1.165) is 51.6 Å². The molecule has 0 aromatic heterocycles. The van der Waals surface area contributed by atoms with Crippen LogP contribution in [0.3, 0.4) is 0 Å². The predicted octanol–water partition coefficient (Wildman–Crippen LogP) is 4.73. The number of alkyl halides is 3. The summed E-state index contributed by atoms with van der Waals surface area (Å²) in [6.45, 7) is 5.33. The Balaban J connectivity index is 1.47. The molecule has 1 fully saturated rings. The molecule has 0 unspecified atom stereocenters. The van der Waals surface area contributed by atoms with Crippen molar-refractivity contribution in [1.29, 1.82) is 0 Å². The summed E-state index contributed by atoms with van der Waals surface area (Å²) in [7, 11) is 2.13. The lowest BCUT2D eigenvalue weighted by molar-refractivity contribution is -0.137. The highest BCUT2D eigenvalue weighted by Gasteiger charge is 2.33. The van der Waals surface area contributed by atoms with Crippen molar-refractivity contribution in [2.45, 2.75) is 25.4 Å². The zero-order valence-corrected chi connectivity index (χ0v) is 17.2. The van der Waals surface area contributed by atoms with Gasteiger partial charge in [-0.25, -0.2) is 0 Å². The summed E-state index contributed by atoms with van der Waals surface area (Å²) >= 11 is 0. The third-order valence-electron chi connectivity index (χ3n) is 5.44. The van der Waals surface area contributed by atoms with Crippen LogP contribution >= 0.6 is 0 Å². The Morgan fingerprint density at radius 2 is 1.63 bits per heavy atom. The van der Waals surface area contributed by atoms with Gasteiger partial charge in [0.2, 0.25) is 5.91 Å². The average molecular weight is 419 g/mol. The molecular weight excluding hydrogens is 391 g/mol. The first-order chi connectivity index (χ1) is 14.3. The summed E-state index contributed by atoms with van der Waals surface area (Å²) in [5.41, 5.74) is 0.523. The van der Waals surface area contributed by atoms with Crippen LogP contribution in [0.1, 0.15) is 24.8 Å². The first kappa shape index (κ1) is 22.3. The molecule has 0 spiro atoms. The van der Waals surface area contributed by atoms with Gasteiger partial charge in [0.05, 0.1) is 5.56 Å². The van der Waals surface area contributed by atoms with Gasteiger partial charge in [0.25, 0.3) is 0 Å². The Morgan fingerprint density at radius 1 is 0.967 bits per heavy atom. The second-order valence-corrected chi connectivity index (χ2v) is 7.77. The number of unbranched alkanes of at least 4 members (excludes halogenated alkanes) is 1. The van der Waals surface area contributed by atoms with Gasteiger partial charge >= 0.3 is 6.18 Å². The summed E-state index contributed by atoms with van der Waals surface area (Å²) in [6.07, 6.45) is -2.18. The predicted molar refractivity (Wildman–Crippen MR) is 113 cm³/mol. The fourth-order valence-electron chi connectivity index (χ4n) is 3.63. The lowest BCUT2D eigenvalue weighted by Gasteiger charge is -2.32. The fourth-order valence-corrected chi connectivity index (χ4v) is 3.63. The SMILES string of the molecule is CN1CCN(CCCCC(=O)Nc2ccc(-c3ccccc3C(F)(F)F)cc2)CC1. The maximum atomic E-state index is 13.2. The molecule has 0 saturated carbocycles. The van der Waals surface area contributed by atoms with Crippen molar-refractivity contribution in [2.24, 2.45) is 0 Å². The monoisotopic (exact) mass is 419 g/mol. The molecule has 30 heavy (non-hydrogen) atoms. The van der Waals surface area contributed by atoms with E-state index < -0.39 is 11.7 Å². The normalized spacial score (nSPS) is 15.9. The molecule has 162 valence electrons. The zero-order valence-electron chi connectivity index (χ0n) is 17.2. The Morgan fingerprint density at radius 3 is 2.30 bits per heavy atom. The number of halogens is 3. The van der Waals surface area contributed by atoms with Gasteiger partial charge in [-0.1, -0.05) is 30.3 Å². The number of anilines is 1. The van der Waals surface area contributed by atoms with E-state index in [-0.39, 0.29) is 11.5 Å². The fraction of sp³-hybridized carbons (Fsp3) is 0.435. The van der Waals surface area contributed by atoms with Gasteiger partial charge in [0.15, 0.2) is 0 Å². The van der Waals surface area contributed by atoms with Gasteiger partial charge in [-0.3, -0.25) is 4.79 Å². The van der Waals surface area contributed by atoms with Crippen LogP contribution in [0.25, 0.3) is 11.1 Å². The number of piperazine rings is 1. The molecule has 3 rings (SSSR count). The van der Waals surface area contributed by atoms with Crippen LogP contribution in [0.2, 0.25) is 0 Å². The van der Waals surface area contributed by atoms with Crippen LogP contribution in [0.4, 0.5) is 18.9 Å². The van der Waals surface area contributed by atoms with Crippen molar-refractivity contribution in [3.05, 3.63) is 54.1 Å². The molecule has 1 aliphatic heterocycles. The van der Waals surface area contributed by atoms with Crippen LogP contribution in [-0.4, -0.2) is 55.5 Å². The molecule has 1 heterocycles. The molecule has 4 nitrogen and oxygen atoms in total. The largest absolute Gasteiger partial charge is 0.417 e. The van der Waals surface area contributed by atoms with Crippen LogP contribution < -0.4 is 5.32 Å². The van der Waals surface area contributed by atoms with E-state index in [1.807, 2.05) is 0 Å². The zero-order chi connectivity index (χ0) is 21.6. The molecular formula is C23H28F3N3O. The van der Waals surface area contributed by atoms with Crippen molar-refractivity contribution >= 4 is 11.6 Å². The summed E-state index contributed by atoms with van der Waals surface area (Å²) < 4.78 is 39.6. The Labute approximate surface area is 175 Å². The van der Waals surface area contributed by atoms with Crippen LogP contribution in [0.5, 0.6) is 0 Å². The topological polar surface area (TPSA) is 35.6 Å². The summed E-state index contributed by atoms with van der Waals surface area (Å²) in [4.78, 5) is 16.9. The van der Waals surface area contributed by atoms with Crippen molar-refractivity contribution < 1.29 is 18.0 Å². The van der Waals surface area contributed by atoms with Crippen LogP contribution in [0.15, 0.2) is 48.5 Å². The first-order valence-corrected chi connectivity index (χ1v) is 10.3. The minimum Gasteiger partial charge on any atom is -0.326 e. The number of rotatable bonds is 7. The number of hydrogen-bond acceptors (Lipinski definition) is 3. The lowest BCUT2D eigenvalue weighted by Crippen LogP contribution is -2.44. The smallest absolute Gasteiger partial charge is 0.326 e. The number of carbonyl (C=O) groups is 1. The van der Waals surface area contributed by atoms with Gasteiger partial charge in [0.1, 0.15) is 0 Å². The molecule has 1 saturated heterocycles. The Kier molecular flexibility index (Phi) is 7.50. The molecule has 1 amide bonds. The highest BCUT2D eigenvalue weighted by Crippen LogP contribution is 2.37. The molecule has 0 radical (unpaired) electrons. The third kappa shape index (κ3) is 6.31. The number of likely N-dealkylation sites (N-methyl/N-ethyl adjacent to an activating group) is 1. The van der Waals surface area contributed by atoms with E-state index in [4.69, 9.17) is 0 Å². The number of hydrogen-bond donors (Lipinski definition) is 1. The van der Waals surface area contributed by atoms with E-state index in [1.54, 1.807) is 30.3 Å². The molecule has 1 N–H and O–H groups in total. The van der Waals surface area contributed by atoms with E-state index in [1.165, 1.54) is 12.1 Å². The van der Waals surface area contributed by atoms with Gasteiger partial charge in [0, 0.05) is 38.3 Å². The van der Waals surface area contributed by atoms with Crippen molar-refractivity contribution in [3.63, 3.8) is 0 Å².